The van der Waals surface area contributed by atoms with Gasteiger partial charge < -0.3 is 4.98 Å². The fraction of sp³-hybridized carbons (Fsp3) is 0.182. The summed E-state index contributed by atoms with van der Waals surface area (Å²) in [5, 5.41) is -0.146. The van der Waals surface area contributed by atoms with Crippen molar-refractivity contribution in [2.45, 2.75) is 13.1 Å². The van der Waals surface area contributed by atoms with Gasteiger partial charge in [-0.15, -0.1) is 0 Å². The number of hydrogen-bond donors (Lipinski definition) is 1. The summed E-state index contributed by atoms with van der Waals surface area (Å²) in [5.41, 5.74) is -1.47. The number of nitrogens with one attached hydrogen (secondary N) is 1. The number of aryl methyl sites for hydroxylation is 1. The highest BCUT2D eigenvalue weighted by molar-refractivity contribution is 6.31. The van der Waals surface area contributed by atoms with Crippen LogP contribution in [0.15, 0.2) is 23.0 Å². The van der Waals surface area contributed by atoms with E-state index in [2.05, 4.69) is 4.98 Å². The maximum Gasteiger partial charge on any atom is 0.418 e. The number of aromatic nitrogens is 1. The quantitative estimate of drug-likeness (QED) is 0.773. The first-order valence-electron chi connectivity index (χ1n) is 4.70. The first-order valence-corrected chi connectivity index (χ1v) is 5.08. The molecule has 0 aliphatic heterocycles. The Balaban J connectivity index is 2.97. The average molecular weight is 262 g/mol. The standard InChI is InChI=1S/C11H7ClF3NO/c1-5-8(12)10(17)6-3-2-4-7(9(6)16-5)11(13,14)15/h2-4H,1H3,(H,16,17). The van der Waals surface area contributed by atoms with Gasteiger partial charge in [0.1, 0.15) is 5.02 Å². The van der Waals surface area contributed by atoms with Gasteiger partial charge in [0.15, 0.2) is 0 Å². The van der Waals surface area contributed by atoms with Gasteiger partial charge in [0, 0.05) is 11.1 Å². The maximum absolute atomic E-state index is 12.7. The molecule has 0 bridgehead atoms. The van der Waals surface area contributed by atoms with E-state index in [9.17, 15) is 18.0 Å². The molecule has 2 aromatic rings. The minimum absolute atomic E-state index is 0.0598. The Kier molecular flexibility index (Phi) is 2.66. The molecule has 0 saturated heterocycles. The number of fused-ring (bicyclic) bond motifs is 1. The lowest BCUT2D eigenvalue weighted by Gasteiger charge is -2.11. The van der Waals surface area contributed by atoms with Crippen LogP contribution in [0.4, 0.5) is 13.2 Å². The Morgan fingerprint density at radius 1 is 1.29 bits per heavy atom. The molecule has 0 atom stereocenters. The molecule has 0 amide bonds. The number of halogens is 4. The second kappa shape index (κ2) is 3.77. The zero-order valence-electron chi connectivity index (χ0n) is 8.65. The Labute approximate surface area is 99.0 Å². The summed E-state index contributed by atoms with van der Waals surface area (Å²) in [5.74, 6) is 0. The summed E-state index contributed by atoms with van der Waals surface area (Å²) in [6, 6.07) is 3.42. The highest BCUT2D eigenvalue weighted by Gasteiger charge is 2.33. The van der Waals surface area contributed by atoms with Gasteiger partial charge in [0.05, 0.1) is 11.1 Å². The van der Waals surface area contributed by atoms with Crippen molar-refractivity contribution in [2.75, 3.05) is 0 Å². The largest absolute Gasteiger partial charge is 0.418 e. The summed E-state index contributed by atoms with van der Waals surface area (Å²) >= 11 is 5.70. The predicted molar refractivity (Wildman–Crippen MR) is 59.3 cm³/mol. The zero-order valence-corrected chi connectivity index (χ0v) is 9.41. The second-order valence-electron chi connectivity index (χ2n) is 3.62. The highest BCUT2D eigenvalue weighted by Crippen LogP contribution is 2.33. The second-order valence-corrected chi connectivity index (χ2v) is 4.00. The molecule has 0 radical (unpaired) electrons. The van der Waals surface area contributed by atoms with Crippen LogP contribution in [0.2, 0.25) is 5.02 Å². The Morgan fingerprint density at radius 2 is 1.94 bits per heavy atom. The number of aromatic amines is 1. The first-order chi connectivity index (χ1) is 7.82. The molecule has 1 aromatic heterocycles. The van der Waals surface area contributed by atoms with Crippen LogP contribution in [0.25, 0.3) is 10.9 Å². The van der Waals surface area contributed by atoms with Gasteiger partial charge in [-0.2, -0.15) is 13.2 Å². The number of H-pyrrole nitrogens is 1. The topological polar surface area (TPSA) is 32.9 Å². The number of alkyl halides is 3. The molecule has 1 N–H and O–H groups in total. The molecule has 0 aliphatic rings. The van der Waals surface area contributed by atoms with Crippen LogP contribution in [0.5, 0.6) is 0 Å². The molecule has 2 nitrogen and oxygen atoms in total. The third-order valence-corrected chi connectivity index (χ3v) is 2.91. The number of hydrogen-bond acceptors (Lipinski definition) is 1. The number of pyridine rings is 1. The van der Waals surface area contributed by atoms with Crippen molar-refractivity contribution in [2.24, 2.45) is 0 Å². The number of rotatable bonds is 0. The van der Waals surface area contributed by atoms with Crippen molar-refractivity contribution < 1.29 is 13.2 Å². The molecule has 2 rings (SSSR count). The van der Waals surface area contributed by atoms with Crippen molar-refractivity contribution in [1.29, 1.82) is 0 Å². The lowest BCUT2D eigenvalue weighted by Crippen LogP contribution is -2.12. The van der Waals surface area contributed by atoms with Crippen molar-refractivity contribution in [3.63, 3.8) is 0 Å². The van der Waals surface area contributed by atoms with E-state index in [0.717, 1.165) is 6.07 Å². The summed E-state index contributed by atoms with van der Waals surface area (Å²) in [6.45, 7) is 1.45. The molecule has 0 saturated carbocycles. The van der Waals surface area contributed by atoms with E-state index in [4.69, 9.17) is 11.6 Å². The highest BCUT2D eigenvalue weighted by atomic mass is 35.5. The van der Waals surface area contributed by atoms with E-state index in [-0.39, 0.29) is 21.6 Å². The van der Waals surface area contributed by atoms with Gasteiger partial charge in [-0.1, -0.05) is 17.7 Å². The normalized spacial score (nSPS) is 12.1. The number of benzene rings is 1. The SMILES string of the molecule is Cc1[nH]c2c(C(F)(F)F)cccc2c(=O)c1Cl. The van der Waals surface area contributed by atoms with Crippen molar-refractivity contribution >= 4 is 22.5 Å². The van der Waals surface area contributed by atoms with Crippen LogP contribution >= 0.6 is 11.6 Å². The molecular weight excluding hydrogens is 255 g/mol. The van der Waals surface area contributed by atoms with Crippen molar-refractivity contribution in [3.05, 3.63) is 44.7 Å². The van der Waals surface area contributed by atoms with E-state index in [0.29, 0.717) is 0 Å². The predicted octanol–water partition coefficient (Wildman–Crippen LogP) is 3.51. The minimum Gasteiger partial charge on any atom is -0.357 e. The lowest BCUT2D eigenvalue weighted by atomic mass is 10.1. The van der Waals surface area contributed by atoms with Crippen molar-refractivity contribution in [1.82, 2.24) is 4.98 Å². The lowest BCUT2D eigenvalue weighted by molar-refractivity contribution is -0.136. The maximum atomic E-state index is 12.7. The molecule has 0 unspecified atom stereocenters. The Hall–Kier alpha value is -1.49. The van der Waals surface area contributed by atoms with Gasteiger partial charge >= 0.3 is 6.18 Å². The molecule has 0 fully saturated rings. The van der Waals surface area contributed by atoms with Gasteiger partial charge in [-0.25, -0.2) is 0 Å². The summed E-state index contributed by atoms with van der Waals surface area (Å²) < 4.78 is 38.2. The van der Waals surface area contributed by atoms with Crippen molar-refractivity contribution in [3.8, 4) is 0 Å². The van der Waals surface area contributed by atoms with Gasteiger partial charge in [-0.05, 0) is 19.1 Å². The first kappa shape index (κ1) is 12.0. The number of para-hydroxylation sites is 1. The van der Waals surface area contributed by atoms with E-state index in [1.165, 1.54) is 19.1 Å². The van der Waals surface area contributed by atoms with Crippen LogP contribution in [-0.4, -0.2) is 4.98 Å². The van der Waals surface area contributed by atoms with E-state index in [1.54, 1.807) is 0 Å². The molecule has 90 valence electrons. The van der Waals surface area contributed by atoms with E-state index >= 15 is 0 Å². The molecule has 17 heavy (non-hydrogen) atoms. The van der Waals surface area contributed by atoms with Crippen LogP contribution in [0, 0.1) is 6.92 Å². The summed E-state index contributed by atoms with van der Waals surface area (Å²) in [6.07, 6.45) is -4.51. The molecule has 0 aliphatic carbocycles. The fourth-order valence-electron chi connectivity index (χ4n) is 1.64. The third kappa shape index (κ3) is 1.91. The summed E-state index contributed by atoms with van der Waals surface area (Å²) in [7, 11) is 0. The minimum atomic E-state index is -4.51. The molecule has 1 aromatic carbocycles. The zero-order chi connectivity index (χ0) is 12.8. The Bertz CT molecular complexity index is 645. The average Bonchev–Trinajstić information content (AvgIpc) is 2.24. The van der Waals surface area contributed by atoms with E-state index < -0.39 is 17.2 Å². The van der Waals surface area contributed by atoms with Gasteiger partial charge in [0.2, 0.25) is 5.43 Å². The fourth-order valence-corrected chi connectivity index (χ4v) is 1.79. The molecular formula is C11H7ClF3NO. The Morgan fingerprint density at radius 3 is 2.53 bits per heavy atom. The van der Waals surface area contributed by atoms with Gasteiger partial charge in [0.25, 0.3) is 0 Å². The molecule has 6 heteroatoms. The third-order valence-electron chi connectivity index (χ3n) is 2.46. The monoisotopic (exact) mass is 261 g/mol. The van der Waals surface area contributed by atoms with Crippen LogP contribution in [0.1, 0.15) is 11.3 Å². The summed E-state index contributed by atoms with van der Waals surface area (Å²) in [4.78, 5) is 14.2. The van der Waals surface area contributed by atoms with Crippen LogP contribution < -0.4 is 5.43 Å². The van der Waals surface area contributed by atoms with Gasteiger partial charge in [-0.3, -0.25) is 4.79 Å². The van der Waals surface area contributed by atoms with Crippen LogP contribution in [-0.2, 0) is 6.18 Å². The van der Waals surface area contributed by atoms with E-state index in [1.807, 2.05) is 0 Å². The molecule has 0 spiro atoms. The molecule has 1 heterocycles. The smallest absolute Gasteiger partial charge is 0.357 e. The van der Waals surface area contributed by atoms with Crippen LogP contribution in [0.3, 0.4) is 0 Å².